The molecule has 0 saturated heterocycles. The van der Waals surface area contributed by atoms with Gasteiger partial charge >= 0.3 is 6.43 Å². The Kier molecular flexibility index (Phi) is 7.05. The number of hydrazine groups is 1. The number of hydrogen-bond acceptors (Lipinski definition) is 7. The highest BCUT2D eigenvalue weighted by molar-refractivity contribution is 5.53. The largest absolute Gasteiger partial charge is 0.415 e. The van der Waals surface area contributed by atoms with Crippen molar-refractivity contribution in [1.82, 2.24) is 15.2 Å². The zero-order valence-electron chi connectivity index (χ0n) is 15.3. The van der Waals surface area contributed by atoms with Crippen LogP contribution in [0.1, 0.15) is 24.8 Å². The van der Waals surface area contributed by atoms with Gasteiger partial charge in [0, 0.05) is 17.5 Å². The molecule has 7 nitrogen and oxygen atoms in total. The van der Waals surface area contributed by atoms with Gasteiger partial charge in [-0.1, -0.05) is 30.9 Å². The molecule has 28 heavy (non-hydrogen) atoms. The number of hydrogen-bond donors (Lipinski definition) is 3. The Morgan fingerprint density at radius 1 is 1.21 bits per heavy atom. The van der Waals surface area contributed by atoms with Gasteiger partial charge in [0.05, 0.1) is 12.2 Å². The molecule has 0 amide bonds. The van der Waals surface area contributed by atoms with Crippen molar-refractivity contribution in [3.8, 4) is 11.5 Å². The lowest BCUT2D eigenvalue weighted by molar-refractivity contribution is 0.116. The molecule has 2 aromatic rings. The van der Waals surface area contributed by atoms with Gasteiger partial charge in [0.25, 0.3) is 5.89 Å². The number of allylic oxidation sites excluding steroid dienone is 3. The first-order valence-corrected chi connectivity index (χ1v) is 8.28. The molecule has 1 heterocycles. The maximum absolute atomic E-state index is 12.5. The minimum Gasteiger partial charge on any atom is -0.415 e. The van der Waals surface area contributed by atoms with Gasteiger partial charge in [-0.25, -0.2) is 5.84 Å². The normalized spacial score (nSPS) is 12.8. The van der Waals surface area contributed by atoms with E-state index in [0.29, 0.717) is 23.5 Å². The number of nitrogens with zero attached hydrogens (tertiary/aromatic N) is 3. The first-order valence-electron chi connectivity index (χ1n) is 8.28. The standard InChI is InChI=1S/C19H22F2N6O/c1-3-14(7-4-12(2)22)16(23)11-27(24)10-13-5-8-15(9-6-13)18-25-26-19(28-18)17(20)21/h3-9,11,17H,2,10,22-24H2,1H3/b7-4-,14-3+,16-11-. The van der Waals surface area contributed by atoms with E-state index < -0.39 is 12.3 Å². The van der Waals surface area contributed by atoms with Crippen LogP contribution in [0.4, 0.5) is 8.78 Å². The zero-order chi connectivity index (χ0) is 20.7. The van der Waals surface area contributed by atoms with Crippen LogP contribution in [0, 0.1) is 0 Å². The first-order chi connectivity index (χ1) is 13.3. The Hall–Kier alpha value is -3.46. The highest BCUT2D eigenvalue weighted by Crippen LogP contribution is 2.23. The molecule has 0 saturated carbocycles. The topological polar surface area (TPSA) is 120 Å². The van der Waals surface area contributed by atoms with Gasteiger partial charge in [0.2, 0.25) is 5.89 Å². The van der Waals surface area contributed by atoms with Crippen molar-refractivity contribution < 1.29 is 13.2 Å². The molecule has 1 aromatic heterocycles. The van der Waals surface area contributed by atoms with Crippen LogP contribution in [0.3, 0.4) is 0 Å². The lowest BCUT2D eigenvalue weighted by Gasteiger charge is -2.15. The molecule has 6 N–H and O–H groups in total. The summed E-state index contributed by atoms with van der Waals surface area (Å²) >= 11 is 0. The van der Waals surface area contributed by atoms with Crippen LogP contribution in [0.15, 0.2) is 76.7 Å². The Morgan fingerprint density at radius 2 is 1.89 bits per heavy atom. The van der Waals surface area contributed by atoms with E-state index in [2.05, 4.69) is 16.8 Å². The summed E-state index contributed by atoms with van der Waals surface area (Å²) in [7, 11) is 0. The number of alkyl halides is 2. The molecule has 0 fully saturated rings. The highest BCUT2D eigenvalue weighted by atomic mass is 19.3. The zero-order valence-corrected chi connectivity index (χ0v) is 15.3. The SMILES string of the molecule is C=C(N)\C=C/C(=C\C)C(/N)=C/N(N)Cc1ccc(-c2nnc(C(F)F)o2)cc1. The van der Waals surface area contributed by atoms with E-state index in [-0.39, 0.29) is 5.89 Å². The molecule has 0 bridgehead atoms. The van der Waals surface area contributed by atoms with Crippen molar-refractivity contribution >= 4 is 0 Å². The van der Waals surface area contributed by atoms with E-state index >= 15 is 0 Å². The van der Waals surface area contributed by atoms with Gasteiger partial charge in [0.1, 0.15) is 0 Å². The monoisotopic (exact) mass is 388 g/mol. The van der Waals surface area contributed by atoms with Crippen molar-refractivity contribution in [2.45, 2.75) is 19.9 Å². The van der Waals surface area contributed by atoms with Gasteiger partial charge in [-0.3, -0.25) is 0 Å². The van der Waals surface area contributed by atoms with Crippen LogP contribution < -0.4 is 17.3 Å². The third-order valence-electron chi connectivity index (χ3n) is 3.62. The summed E-state index contributed by atoms with van der Waals surface area (Å²) in [6, 6.07) is 6.93. The van der Waals surface area contributed by atoms with Crippen molar-refractivity contribution in [2.24, 2.45) is 17.3 Å². The van der Waals surface area contributed by atoms with Gasteiger partial charge in [-0.2, -0.15) is 8.78 Å². The molecule has 0 aliphatic heterocycles. The van der Waals surface area contributed by atoms with Gasteiger partial charge < -0.3 is 20.9 Å². The second kappa shape index (κ2) is 9.47. The average molecular weight is 388 g/mol. The van der Waals surface area contributed by atoms with Crippen LogP contribution in [-0.2, 0) is 6.54 Å². The fourth-order valence-electron chi connectivity index (χ4n) is 2.26. The maximum Gasteiger partial charge on any atom is 0.314 e. The number of nitrogens with two attached hydrogens (primary N) is 3. The third kappa shape index (κ3) is 5.78. The van der Waals surface area contributed by atoms with E-state index in [1.54, 1.807) is 42.6 Å². The van der Waals surface area contributed by atoms with E-state index in [1.165, 1.54) is 5.01 Å². The number of halogens is 2. The number of rotatable bonds is 8. The maximum atomic E-state index is 12.5. The van der Waals surface area contributed by atoms with E-state index in [9.17, 15) is 8.78 Å². The van der Waals surface area contributed by atoms with Crippen molar-refractivity contribution in [3.63, 3.8) is 0 Å². The summed E-state index contributed by atoms with van der Waals surface area (Å²) in [6.07, 6.45) is 4.01. The Balaban J connectivity index is 2.05. The average Bonchev–Trinajstić information content (AvgIpc) is 3.13. The van der Waals surface area contributed by atoms with Crippen LogP contribution in [-0.4, -0.2) is 15.2 Å². The van der Waals surface area contributed by atoms with Crippen LogP contribution in [0.2, 0.25) is 0 Å². The smallest absolute Gasteiger partial charge is 0.314 e. The Labute approximate surface area is 161 Å². The minimum absolute atomic E-state index is 0.0293. The summed E-state index contributed by atoms with van der Waals surface area (Å²) in [5.74, 6) is 5.32. The molecule has 148 valence electrons. The van der Waals surface area contributed by atoms with Crippen LogP contribution in [0.5, 0.6) is 0 Å². The predicted molar refractivity (Wildman–Crippen MR) is 103 cm³/mol. The lowest BCUT2D eigenvalue weighted by Crippen LogP contribution is -2.26. The van der Waals surface area contributed by atoms with Gasteiger partial charge in [-0.05, 0) is 36.3 Å². The first kappa shape index (κ1) is 20.8. The van der Waals surface area contributed by atoms with E-state index in [4.69, 9.17) is 21.7 Å². The van der Waals surface area contributed by atoms with Gasteiger partial charge in [-0.15, -0.1) is 10.2 Å². The second-order valence-corrected chi connectivity index (χ2v) is 5.85. The summed E-state index contributed by atoms with van der Waals surface area (Å²) in [6.45, 7) is 5.81. The summed E-state index contributed by atoms with van der Waals surface area (Å²) in [4.78, 5) is 0. The molecule has 1 aromatic carbocycles. The highest BCUT2D eigenvalue weighted by Gasteiger charge is 2.16. The van der Waals surface area contributed by atoms with Crippen molar-refractivity contribution in [3.05, 3.63) is 83.7 Å². The molecular weight excluding hydrogens is 366 g/mol. The molecule has 0 radical (unpaired) electrons. The quantitative estimate of drug-likeness (QED) is 0.361. The molecule has 0 atom stereocenters. The summed E-state index contributed by atoms with van der Waals surface area (Å²) in [5, 5.41) is 8.35. The molecule has 0 unspecified atom stereocenters. The fourth-order valence-corrected chi connectivity index (χ4v) is 2.26. The summed E-state index contributed by atoms with van der Waals surface area (Å²) in [5.41, 5.74) is 14.6. The molecular formula is C19H22F2N6O. The summed E-state index contributed by atoms with van der Waals surface area (Å²) < 4.78 is 30.0. The van der Waals surface area contributed by atoms with Gasteiger partial charge in [0.15, 0.2) is 0 Å². The Morgan fingerprint density at radius 3 is 2.43 bits per heavy atom. The number of benzene rings is 1. The molecule has 2 rings (SSSR count). The van der Waals surface area contributed by atoms with Crippen molar-refractivity contribution in [2.75, 3.05) is 0 Å². The fraction of sp³-hybridized carbons (Fsp3) is 0.158. The minimum atomic E-state index is -2.80. The van der Waals surface area contributed by atoms with E-state index in [0.717, 1.165) is 11.1 Å². The van der Waals surface area contributed by atoms with E-state index in [1.807, 2.05) is 13.0 Å². The Bertz CT molecular complexity index is 899. The van der Waals surface area contributed by atoms with Crippen molar-refractivity contribution in [1.29, 1.82) is 0 Å². The molecule has 9 heteroatoms. The van der Waals surface area contributed by atoms with Crippen LogP contribution in [0.25, 0.3) is 11.5 Å². The lowest BCUT2D eigenvalue weighted by atomic mass is 10.1. The molecule has 0 spiro atoms. The second-order valence-electron chi connectivity index (χ2n) is 5.85. The molecule has 0 aliphatic carbocycles. The third-order valence-corrected chi connectivity index (χ3v) is 3.62. The number of aromatic nitrogens is 2. The molecule has 0 aliphatic rings. The van der Waals surface area contributed by atoms with Crippen LogP contribution >= 0.6 is 0 Å². The predicted octanol–water partition coefficient (Wildman–Crippen LogP) is 3.12.